The molecule has 1 amide bonds. The summed E-state index contributed by atoms with van der Waals surface area (Å²) >= 11 is 0. The molecule has 1 aliphatic heterocycles. The minimum atomic E-state index is -3.77. The molecule has 29 heavy (non-hydrogen) atoms. The predicted octanol–water partition coefficient (Wildman–Crippen LogP) is 1.93. The molecule has 2 heterocycles. The average Bonchev–Trinajstić information content (AvgIpc) is 3.36. The highest BCUT2D eigenvalue weighted by Gasteiger charge is 2.61. The van der Waals surface area contributed by atoms with Crippen LogP contribution in [0.15, 0.2) is 33.6 Å². The fourth-order valence-corrected chi connectivity index (χ4v) is 7.22. The number of hydrogen-bond donors (Lipinski definition) is 2. The second-order valence-electron chi connectivity index (χ2n) is 8.34. The maximum Gasteiger partial charge on any atom is 0.293 e. The smallest absolute Gasteiger partial charge is 0.293 e. The SMILES string of the molecule is Cc1nc(C)c(C(=O)Nc2cccc(S(=O)(=O)N3C[C@@H]4C[C@H]5C[C@H]4[C@H]3[C@@H]5O)c2)o1. The third-order valence-corrected chi connectivity index (χ3v) is 8.47. The Morgan fingerprint density at radius 3 is 2.76 bits per heavy atom. The fourth-order valence-electron chi connectivity index (χ4n) is 5.44. The maximum atomic E-state index is 13.3. The number of oxazole rings is 1. The van der Waals surface area contributed by atoms with E-state index < -0.39 is 22.0 Å². The Hall–Kier alpha value is -2.23. The van der Waals surface area contributed by atoms with Crippen molar-refractivity contribution in [1.29, 1.82) is 0 Å². The number of benzene rings is 1. The summed E-state index contributed by atoms with van der Waals surface area (Å²) in [5.41, 5.74) is 0.831. The molecule has 2 saturated carbocycles. The van der Waals surface area contributed by atoms with Gasteiger partial charge in [0.25, 0.3) is 5.91 Å². The van der Waals surface area contributed by atoms with Crippen molar-refractivity contribution < 1.29 is 22.7 Å². The molecule has 154 valence electrons. The molecule has 9 heteroatoms. The van der Waals surface area contributed by atoms with Crippen LogP contribution in [0, 0.1) is 31.6 Å². The molecule has 1 aromatic carbocycles. The van der Waals surface area contributed by atoms with Crippen molar-refractivity contribution in [3.8, 4) is 0 Å². The highest BCUT2D eigenvalue weighted by Crippen LogP contribution is 2.56. The second kappa shape index (κ2) is 6.38. The van der Waals surface area contributed by atoms with Crippen molar-refractivity contribution in [1.82, 2.24) is 9.29 Å². The van der Waals surface area contributed by atoms with Crippen molar-refractivity contribution in [2.24, 2.45) is 17.8 Å². The van der Waals surface area contributed by atoms with Gasteiger partial charge in [-0.05, 0) is 55.7 Å². The van der Waals surface area contributed by atoms with E-state index in [0.29, 0.717) is 29.7 Å². The molecule has 3 aliphatic rings. The molecule has 5 atom stereocenters. The molecule has 5 rings (SSSR count). The van der Waals surface area contributed by atoms with Crippen LogP contribution in [-0.2, 0) is 10.0 Å². The highest BCUT2D eigenvalue weighted by atomic mass is 32.2. The van der Waals surface area contributed by atoms with Crippen LogP contribution in [0.1, 0.15) is 35.0 Å². The number of aliphatic hydroxyl groups is 1. The zero-order chi connectivity index (χ0) is 20.5. The number of nitrogens with one attached hydrogen (secondary N) is 1. The third kappa shape index (κ3) is 2.83. The summed E-state index contributed by atoms with van der Waals surface area (Å²) in [6.07, 6.45) is 1.23. The number of amides is 1. The first kappa shape index (κ1) is 18.8. The lowest BCUT2D eigenvalue weighted by atomic mass is 9.88. The Bertz CT molecular complexity index is 1090. The quantitative estimate of drug-likeness (QED) is 0.786. The van der Waals surface area contributed by atoms with E-state index >= 15 is 0 Å². The average molecular weight is 417 g/mol. The van der Waals surface area contributed by atoms with Crippen LogP contribution in [0.5, 0.6) is 0 Å². The first-order valence-electron chi connectivity index (χ1n) is 9.81. The summed E-state index contributed by atoms with van der Waals surface area (Å²) in [6, 6.07) is 5.86. The monoisotopic (exact) mass is 417 g/mol. The summed E-state index contributed by atoms with van der Waals surface area (Å²) in [6.45, 7) is 3.79. The third-order valence-electron chi connectivity index (χ3n) is 6.61. The van der Waals surface area contributed by atoms with E-state index in [1.807, 2.05) is 0 Å². The Labute approximate surface area is 169 Å². The van der Waals surface area contributed by atoms with Crippen LogP contribution >= 0.6 is 0 Å². The number of hydrogen-bond acceptors (Lipinski definition) is 6. The molecular weight excluding hydrogens is 394 g/mol. The maximum absolute atomic E-state index is 13.3. The van der Waals surface area contributed by atoms with Crippen molar-refractivity contribution in [2.75, 3.05) is 11.9 Å². The zero-order valence-electron chi connectivity index (χ0n) is 16.2. The lowest BCUT2D eigenvalue weighted by molar-refractivity contribution is 0.0731. The Morgan fingerprint density at radius 1 is 1.28 bits per heavy atom. The van der Waals surface area contributed by atoms with Gasteiger partial charge in [0, 0.05) is 19.2 Å². The van der Waals surface area contributed by atoms with Crippen molar-refractivity contribution in [3.63, 3.8) is 0 Å². The summed E-state index contributed by atoms with van der Waals surface area (Å²) in [7, 11) is -3.77. The van der Waals surface area contributed by atoms with Gasteiger partial charge in [-0.1, -0.05) is 6.07 Å². The van der Waals surface area contributed by atoms with E-state index in [1.165, 1.54) is 16.4 Å². The number of aromatic nitrogens is 1. The van der Waals surface area contributed by atoms with E-state index in [0.717, 1.165) is 12.8 Å². The normalized spacial score (nSPS) is 30.8. The van der Waals surface area contributed by atoms with Crippen LogP contribution in [0.3, 0.4) is 0 Å². The largest absolute Gasteiger partial charge is 0.436 e. The number of carbonyl (C=O) groups is 1. The Morgan fingerprint density at radius 2 is 2.07 bits per heavy atom. The van der Waals surface area contributed by atoms with Gasteiger partial charge in [-0.15, -0.1) is 0 Å². The van der Waals surface area contributed by atoms with Crippen molar-refractivity contribution in [2.45, 2.75) is 43.7 Å². The molecule has 2 aromatic rings. The van der Waals surface area contributed by atoms with Gasteiger partial charge in [-0.3, -0.25) is 4.79 Å². The van der Waals surface area contributed by atoms with Gasteiger partial charge in [0.15, 0.2) is 5.89 Å². The number of aryl methyl sites for hydroxylation is 2. The van der Waals surface area contributed by atoms with Gasteiger partial charge in [-0.2, -0.15) is 4.31 Å². The van der Waals surface area contributed by atoms with E-state index in [4.69, 9.17) is 4.42 Å². The standard InChI is InChI=1S/C20H23N3O5S/c1-10-19(28-11(2)21-10)20(25)22-14-4-3-5-15(8-14)29(26,27)23-9-13-6-12-7-16(13)17(23)18(12)24/h3-5,8,12-13,16-18,24H,6-7,9H2,1-2H3,(H,22,25)/t12-,13-,16+,17-,18+/m0/s1. The Balaban J connectivity index is 1.41. The lowest BCUT2D eigenvalue weighted by Gasteiger charge is -2.28. The summed E-state index contributed by atoms with van der Waals surface area (Å²) in [5, 5.41) is 13.2. The van der Waals surface area contributed by atoms with Crippen LogP contribution in [-0.4, -0.2) is 47.4 Å². The zero-order valence-corrected chi connectivity index (χ0v) is 17.0. The van der Waals surface area contributed by atoms with Gasteiger partial charge < -0.3 is 14.8 Å². The molecule has 2 aliphatic carbocycles. The van der Waals surface area contributed by atoms with E-state index in [2.05, 4.69) is 10.3 Å². The number of nitrogens with zero attached hydrogens (tertiary/aromatic N) is 2. The number of carbonyl (C=O) groups excluding carboxylic acids is 1. The fraction of sp³-hybridized carbons (Fsp3) is 0.500. The molecular formula is C20H23N3O5S. The van der Waals surface area contributed by atoms with Gasteiger partial charge in [0.05, 0.1) is 22.7 Å². The van der Waals surface area contributed by atoms with E-state index in [-0.39, 0.29) is 28.5 Å². The van der Waals surface area contributed by atoms with Gasteiger partial charge in [-0.25, -0.2) is 13.4 Å². The van der Waals surface area contributed by atoms with Gasteiger partial charge in [0.2, 0.25) is 15.8 Å². The highest BCUT2D eigenvalue weighted by molar-refractivity contribution is 7.89. The Kier molecular flexibility index (Phi) is 4.13. The molecule has 1 saturated heterocycles. The van der Waals surface area contributed by atoms with Gasteiger partial charge in [0.1, 0.15) is 0 Å². The molecule has 1 aromatic heterocycles. The predicted molar refractivity (Wildman–Crippen MR) is 104 cm³/mol. The lowest BCUT2D eigenvalue weighted by Crippen LogP contribution is -2.43. The first-order valence-corrected chi connectivity index (χ1v) is 11.2. The van der Waals surface area contributed by atoms with Gasteiger partial charge >= 0.3 is 0 Å². The second-order valence-corrected chi connectivity index (χ2v) is 10.2. The molecule has 2 N–H and O–H groups in total. The number of anilines is 1. The van der Waals surface area contributed by atoms with Crippen LogP contribution in [0.25, 0.3) is 0 Å². The topological polar surface area (TPSA) is 113 Å². The summed E-state index contributed by atoms with van der Waals surface area (Å²) in [5.74, 6) is 0.822. The van der Waals surface area contributed by atoms with Crippen LogP contribution in [0.4, 0.5) is 5.69 Å². The summed E-state index contributed by atoms with van der Waals surface area (Å²) < 4.78 is 33.5. The molecule has 0 radical (unpaired) electrons. The van der Waals surface area contributed by atoms with Crippen LogP contribution < -0.4 is 5.32 Å². The van der Waals surface area contributed by atoms with E-state index in [1.54, 1.807) is 26.0 Å². The van der Waals surface area contributed by atoms with Crippen molar-refractivity contribution >= 4 is 21.6 Å². The number of rotatable bonds is 4. The summed E-state index contributed by atoms with van der Waals surface area (Å²) in [4.78, 5) is 16.7. The minimum absolute atomic E-state index is 0.104. The molecule has 2 bridgehead atoms. The van der Waals surface area contributed by atoms with E-state index in [9.17, 15) is 18.3 Å². The number of sulfonamides is 1. The first-order chi connectivity index (χ1) is 13.8. The molecule has 0 spiro atoms. The molecule has 0 unspecified atom stereocenters. The molecule has 8 nitrogen and oxygen atoms in total. The minimum Gasteiger partial charge on any atom is -0.436 e. The number of aliphatic hydroxyl groups excluding tert-OH is 1. The molecule has 3 fully saturated rings. The number of fused-ring (bicyclic) bond motifs is 1. The van der Waals surface area contributed by atoms with Crippen molar-refractivity contribution in [3.05, 3.63) is 41.6 Å². The van der Waals surface area contributed by atoms with Crippen LogP contribution in [0.2, 0.25) is 0 Å².